The molecule has 1 N–H and O–H groups in total. The van der Waals surface area contributed by atoms with E-state index >= 15 is 0 Å². The van der Waals surface area contributed by atoms with Crippen molar-refractivity contribution in [3.8, 4) is 11.5 Å². The number of hydrogen-bond donors (Lipinski definition) is 1. The molecule has 2 fully saturated rings. The minimum atomic E-state index is -0.100. The van der Waals surface area contributed by atoms with Crippen LogP contribution in [0.3, 0.4) is 0 Å². The first kappa shape index (κ1) is 17.6. The Labute approximate surface area is 154 Å². The third-order valence-corrected chi connectivity index (χ3v) is 5.87. The lowest BCUT2D eigenvalue weighted by atomic mass is 9.74. The summed E-state index contributed by atoms with van der Waals surface area (Å²) in [6.45, 7) is 4.94. The molecule has 6 heteroatoms. The summed E-state index contributed by atoms with van der Waals surface area (Å²) in [6, 6.07) is 6.16. The number of piperidine rings is 1. The first-order valence-corrected chi connectivity index (χ1v) is 9.72. The quantitative estimate of drug-likeness (QED) is 0.871. The van der Waals surface area contributed by atoms with Gasteiger partial charge in [0, 0.05) is 25.2 Å². The van der Waals surface area contributed by atoms with Crippen molar-refractivity contribution in [1.82, 2.24) is 10.2 Å². The molecule has 6 nitrogen and oxygen atoms in total. The molecular formula is C20H28N2O4. The van der Waals surface area contributed by atoms with Gasteiger partial charge in [0.15, 0.2) is 11.5 Å². The Morgan fingerprint density at radius 1 is 1.08 bits per heavy atom. The average molecular weight is 360 g/mol. The number of nitrogens with zero attached hydrogens (tertiary/aromatic N) is 1. The summed E-state index contributed by atoms with van der Waals surface area (Å²) < 4.78 is 16.6. The van der Waals surface area contributed by atoms with Crippen LogP contribution in [-0.2, 0) is 14.9 Å². The van der Waals surface area contributed by atoms with E-state index in [0.29, 0.717) is 13.1 Å². The highest BCUT2D eigenvalue weighted by atomic mass is 16.7. The van der Waals surface area contributed by atoms with Crippen LogP contribution in [-0.4, -0.2) is 57.0 Å². The van der Waals surface area contributed by atoms with E-state index in [1.165, 1.54) is 24.8 Å². The predicted octanol–water partition coefficient (Wildman–Crippen LogP) is 2.07. The van der Waals surface area contributed by atoms with Crippen LogP contribution in [0.1, 0.15) is 37.7 Å². The lowest BCUT2D eigenvalue weighted by molar-refractivity contribution is -0.123. The van der Waals surface area contributed by atoms with Crippen molar-refractivity contribution >= 4 is 5.91 Å². The van der Waals surface area contributed by atoms with Crippen LogP contribution in [0, 0.1) is 0 Å². The number of rotatable bonds is 5. The molecule has 2 saturated heterocycles. The van der Waals surface area contributed by atoms with Crippen LogP contribution in [0.25, 0.3) is 0 Å². The van der Waals surface area contributed by atoms with Gasteiger partial charge in [0.1, 0.15) is 0 Å². The van der Waals surface area contributed by atoms with Gasteiger partial charge in [0.25, 0.3) is 0 Å². The highest BCUT2D eigenvalue weighted by Gasteiger charge is 2.36. The smallest absolute Gasteiger partial charge is 0.234 e. The van der Waals surface area contributed by atoms with Crippen molar-refractivity contribution in [2.24, 2.45) is 0 Å². The summed E-state index contributed by atoms with van der Waals surface area (Å²) in [6.07, 6.45) is 5.48. The van der Waals surface area contributed by atoms with Crippen molar-refractivity contribution < 1.29 is 19.0 Å². The molecule has 0 radical (unpaired) electrons. The van der Waals surface area contributed by atoms with Crippen molar-refractivity contribution in [3.05, 3.63) is 23.8 Å². The molecule has 0 bridgehead atoms. The number of nitrogens with one attached hydrogen (secondary N) is 1. The predicted molar refractivity (Wildman–Crippen MR) is 97.6 cm³/mol. The summed E-state index contributed by atoms with van der Waals surface area (Å²) in [5.74, 6) is 1.72. The van der Waals surface area contributed by atoms with Gasteiger partial charge in [-0.3, -0.25) is 9.69 Å². The lowest BCUT2D eigenvalue weighted by Crippen LogP contribution is -2.47. The van der Waals surface area contributed by atoms with E-state index in [1.807, 2.05) is 6.07 Å². The van der Waals surface area contributed by atoms with Gasteiger partial charge < -0.3 is 19.5 Å². The van der Waals surface area contributed by atoms with E-state index in [4.69, 9.17) is 14.2 Å². The maximum Gasteiger partial charge on any atom is 0.234 e. The zero-order valence-electron chi connectivity index (χ0n) is 15.3. The molecule has 3 aliphatic rings. The highest BCUT2D eigenvalue weighted by molar-refractivity contribution is 5.78. The van der Waals surface area contributed by atoms with Crippen LogP contribution in [0.2, 0.25) is 0 Å². The Hall–Kier alpha value is -1.79. The molecule has 1 aromatic carbocycles. The Morgan fingerprint density at radius 2 is 1.85 bits per heavy atom. The number of likely N-dealkylation sites (tertiary alicyclic amines) is 1. The lowest BCUT2D eigenvalue weighted by Gasteiger charge is -2.38. The van der Waals surface area contributed by atoms with Gasteiger partial charge >= 0.3 is 0 Å². The number of fused-ring (bicyclic) bond motifs is 1. The summed E-state index contributed by atoms with van der Waals surface area (Å²) in [7, 11) is 0. The van der Waals surface area contributed by atoms with Gasteiger partial charge in [0.2, 0.25) is 12.7 Å². The molecule has 1 aromatic rings. The van der Waals surface area contributed by atoms with Crippen molar-refractivity contribution in [3.63, 3.8) is 0 Å². The van der Waals surface area contributed by atoms with E-state index in [-0.39, 0.29) is 18.1 Å². The summed E-state index contributed by atoms with van der Waals surface area (Å²) in [5, 5.41) is 3.20. The molecule has 3 aliphatic heterocycles. The number of carbonyl (C=O) groups excluding carboxylic acids is 1. The Kier molecular flexibility index (Phi) is 5.31. The SMILES string of the molecule is O=C(CN1CCCCC1)NCC1(c2ccc3c(c2)OCO3)CCOCC1. The number of amides is 1. The van der Waals surface area contributed by atoms with E-state index in [1.54, 1.807) is 0 Å². The molecular weight excluding hydrogens is 332 g/mol. The maximum atomic E-state index is 12.5. The third-order valence-electron chi connectivity index (χ3n) is 5.87. The van der Waals surface area contributed by atoms with Gasteiger partial charge in [-0.1, -0.05) is 12.5 Å². The van der Waals surface area contributed by atoms with E-state index in [0.717, 1.165) is 50.6 Å². The molecule has 0 atom stereocenters. The van der Waals surface area contributed by atoms with Gasteiger partial charge in [-0.2, -0.15) is 0 Å². The highest BCUT2D eigenvalue weighted by Crippen LogP contribution is 2.40. The van der Waals surface area contributed by atoms with Gasteiger partial charge in [-0.25, -0.2) is 0 Å². The van der Waals surface area contributed by atoms with Crippen LogP contribution < -0.4 is 14.8 Å². The second-order valence-corrected chi connectivity index (χ2v) is 7.57. The van der Waals surface area contributed by atoms with Crippen molar-refractivity contribution in [2.45, 2.75) is 37.5 Å². The van der Waals surface area contributed by atoms with Crippen molar-refractivity contribution in [2.75, 3.05) is 46.2 Å². The largest absolute Gasteiger partial charge is 0.454 e. The monoisotopic (exact) mass is 360 g/mol. The first-order chi connectivity index (χ1) is 12.8. The molecule has 4 rings (SSSR count). The topological polar surface area (TPSA) is 60.0 Å². The van der Waals surface area contributed by atoms with Gasteiger partial charge in [0.05, 0.1) is 6.54 Å². The molecule has 0 aliphatic carbocycles. The van der Waals surface area contributed by atoms with Gasteiger partial charge in [-0.15, -0.1) is 0 Å². The molecule has 1 amide bonds. The second kappa shape index (κ2) is 7.84. The Bertz CT molecular complexity index is 637. The minimum absolute atomic E-state index is 0.100. The van der Waals surface area contributed by atoms with Crippen LogP contribution in [0.15, 0.2) is 18.2 Å². The third kappa shape index (κ3) is 3.81. The standard InChI is InChI=1S/C20H28N2O4/c23-19(13-22-8-2-1-3-9-22)21-14-20(6-10-24-11-7-20)16-4-5-17-18(12-16)26-15-25-17/h4-5,12H,1-3,6-11,13-15H2,(H,21,23). The van der Waals surface area contributed by atoms with Crippen LogP contribution in [0.4, 0.5) is 0 Å². The fourth-order valence-electron chi connectivity index (χ4n) is 4.20. The van der Waals surface area contributed by atoms with E-state index < -0.39 is 0 Å². The summed E-state index contributed by atoms with van der Waals surface area (Å²) in [5.41, 5.74) is 1.10. The summed E-state index contributed by atoms with van der Waals surface area (Å²) >= 11 is 0. The molecule has 26 heavy (non-hydrogen) atoms. The van der Waals surface area contributed by atoms with Crippen LogP contribution in [0.5, 0.6) is 11.5 Å². The number of hydrogen-bond acceptors (Lipinski definition) is 5. The van der Waals surface area contributed by atoms with E-state index in [2.05, 4.69) is 22.3 Å². The Morgan fingerprint density at radius 3 is 2.65 bits per heavy atom. The molecule has 0 unspecified atom stereocenters. The number of carbonyl (C=O) groups is 1. The molecule has 3 heterocycles. The zero-order valence-corrected chi connectivity index (χ0v) is 15.3. The second-order valence-electron chi connectivity index (χ2n) is 7.57. The first-order valence-electron chi connectivity index (χ1n) is 9.72. The molecule has 142 valence electrons. The van der Waals surface area contributed by atoms with Crippen LogP contribution >= 0.6 is 0 Å². The van der Waals surface area contributed by atoms with Crippen molar-refractivity contribution in [1.29, 1.82) is 0 Å². The fourth-order valence-corrected chi connectivity index (χ4v) is 4.20. The number of ether oxygens (including phenoxy) is 3. The normalized spacial score (nSPS) is 22.2. The molecule has 0 spiro atoms. The van der Waals surface area contributed by atoms with E-state index in [9.17, 15) is 4.79 Å². The zero-order chi connectivity index (χ0) is 17.8. The fraction of sp³-hybridized carbons (Fsp3) is 0.650. The Balaban J connectivity index is 1.43. The molecule has 0 aromatic heterocycles. The number of benzene rings is 1. The maximum absolute atomic E-state index is 12.5. The average Bonchev–Trinajstić information content (AvgIpc) is 3.16. The molecule has 0 saturated carbocycles. The minimum Gasteiger partial charge on any atom is -0.454 e. The van der Waals surface area contributed by atoms with Gasteiger partial charge in [-0.05, 0) is 56.5 Å². The summed E-state index contributed by atoms with van der Waals surface area (Å²) in [4.78, 5) is 14.7.